The van der Waals surface area contributed by atoms with Gasteiger partial charge in [0, 0.05) is 68.7 Å². The third-order valence-corrected chi connectivity index (χ3v) is 7.28. The summed E-state index contributed by atoms with van der Waals surface area (Å²) >= 11 is 0. The molecule has 34 heavy (non-hydrogen) atoms. The standard InChI is InChI=1S/C26H28F2N4O2/c1-30-15-20(18-4-2-3-5-24(18)30)26(34)32-10-8-31(9-11-32)25(33)14-23(29)17-7-6-16-12-21(27)22(28)13-19(16)17/h2-5,12-13,15,17,23H,6-11,14,29H2,1H3. The highest BCUT2D eigenvalue weighted by molar-refractivity contribution is 6.07. The van der Waals surface area contributed by atoms with Gasteiger partial charge in [-0.25, -0.2) is 8.78 Å². The molecule has 0 bridgehead atoms. The average molecular weight is 467 g/mol. The van der Waals surface area contributed by atoms with E-state index in [0.29, 0.717) is 50.1 Å². The molecule has 2 heterocycles. The SMILES string of the molecule is Cn1cc(C(=O)N2CCN(C(=O)CC(N)C3CCc4cc(F)c(F)cc43)CC2)c2ccccc21. The van der Waals surface area contributed by atoms with E-state index < -0.39 is 17.7 Å². The Labute approximate surface area is 196 Å². The summed E-state index contributed by atoms with van der Waals surface area (Å²) in [6.45, 7) is 1.81. The van der Waals surface area contributed by atoms with E-state index in [0.717, 1.165) is 16.5 Å². The lowest BCUT2D eigenvalue weighted by Gasteiger charge is -2.35. The molecule has 0 radical (unpaired) electrons. The lowest BCUT2D eigenvalue weighted by Crippen LogP contribution is -2.51. The zero-order chi connectivity index (χ0) is 24.0. The zero-order valence-corrected chi connectivity index (χ0v) is 19.1. The highest BCUT2D eigenvalue weighted by atomic mass is 19.2. The van der Waals surface area contributed by atoms with Crippen LogP contribution in [0.15, 0.2) is 42.6 Å². The summed E-state index contributed by atoms with van der Waals surface area (Å²) in [5.41, 5.74) is 9.52. The Hall–Kier alpha value is -3.26. The van der Waals surface area contributed by atoms with Gasteiger partial charge < -0.3 is 20.1 Å². The van der Waals surface area contributed by atoms with Crippen LogP contribution in [0.4, 0.5) is 8.78 Å². The number of piperazine rings is 1. The second kappa shape index (κ2) is 8.83. The van der Waals surface area contributed by atoms with Crippen molar-refractivity contribution in [2.75, 3.05) is 26.2 Å². The molecule has 5 rings (SSSR count). The molecule has 2 atom stereocenters. The number of hydrogen-bond donors (Lipinski definition) is 1. The van der Waals surface area contributed by atoms with E-state index in [2.05, 4.69) is 0 Å². The maximum absolute atomic E-state index is 13.8. The Kier molecular flexibility index (Phi) is 5.85. The summed E-state index contributed by atoms with van der Waals surface area (Å²) in [6, 6.07) is 9.81. The fraction of sp³-hybridized carbons (Fsp3) is 0.385. The van der Waals surface area contributed by atoms with Gasteiger partial charge in [-0.05, 0) is 42.2 Å². The number of nitrogens with zero attached hydrogens (tertiary/aromatic N) is 3. The predicted molar refractivity (Wildman–Crippen MR) is 125 cm³/mol. The summed E-state index contributed by atoms with van der Waals surface area (Å²) in [4.78, 5) is 29.6. The van der Waals surface area contributed by atoms with E-state index in [-0.39, 0.29) is 24.2 Å². The molecule has 2 unspecified atom stereocenters. The first kappa shape index (κ1) is 22.5. The van der Waals surface area contributed by atoms with Gasteiger partial charge >= 0.3 is 0 Å². The number of rotatable bonds is 4. The van der Waals surface area contributed by atoms with Crippen molar-refractivity contribution in [3.05, 3.63) is 70.9 Å². The molecule has 0 saturated carbocycles. The maximum Gasteiger partial charge on any atom is 0.256 e. The lowest BCUT2D eigenvalue weighted by atomic mass is 9.91. The van der Waals surface area contributed by atoms with Crippen LogP contribution >= 0.6 is 0 Å². The van der Waals surface area contributed by atoms with Crippen molar-refractivity contribution >= 4 is 22.7 Å². The van der Waals surface area contributed by atoms with Crippen molar-refractivity contribution in [1.29, 1.82) is 0 Å². The number of fused-ring (bicyclic) bond motifs is 2. The molecule has 0 spiro atoms. The first-order valence-corrected chi connectivity index (χ1v) is 11.7. The number of halogens is 2. The minimum atomic E-state index is -0.879. The number of nitrogens with two attached hydrogens (primary N) is 1. The number of carbonyl (C=O) groups is 2. The fourth-order valence-corrected chi connectivity index (χ4v) is 5.39. The van der Waals surface area contributed by atoms with E-state index in [1.54, 1.807) is 9.80 Å². The van der Waals surface area contributed by atoms with E-state index in [1.165, 1.54) is 12.1 Å². The Morgan fingerprint density at radius 1 is 1.06 bits per heavy atom. The van der Waals surface area contributed by atoms with Crippen molar-refractivity contribution in [2.45, 2.75) is 31.2 Å². The molecule has 8 heteroatoms. The van der Waals surface area contributed by atoms with Crippen molar-refractivity contribution in [3.8, 4) is 0 Å². The molecule has 2 aliphatic rings. The molecule has 1 fully saturated rings. The molecule has 178 valence electrons. The third kappa shape index (κ3) is 3.96. The Bertz CT molecular complexity index is 1260. The van der Waals surface area contributed by atoms with Gasteiger partial charge in [0.1, 0.15) is 0 Å². The van der Waals surface area contributed by atoms with Crippen molar-refractivity contribution in [1.82, 2.24) is 14.4 Å². The van der Waals surface area contributed by atoms with Gasteiger partial charge in [0.25, 0.3) is 5.91 Å². The molecule has 2 amide bonds. The lowest BCUT2D eigenvalue weighted by molar-refractivity contribution is -0.133. The second-order valence-electron chi connectivity index (χ2n) is 9.32. The minimum Gasteiger partial charge on any atom is -0.350 e. The summed E-state index contributed by atoms with van der Waals surface area (Å²) in [5, 5.41) is 0.924. The summed E-state index contributed by atoms with van der Waals surface area (Å²) in [6.07, 6.45) is 3.31. The second-order valence-corrected chi connectivity index (χ2v) is 9.32. The molecule has 1 aliphatic heterocycles. The van der Waals surface area contributed by atoms with E-state index in [1.807, 2.05) is 42.1 Å². The quantitative estimate of drug-likeness (QED) is 0.642. The predicted octanol–water partition coefficient (Wildman–Crippen LogP) is 3.19. The number of aromatic nitrogens is 1. The van der Waals surface area contributed by atoms with Gasteiger partial charge in [-0.3, -0.25) is 9.59 Å². The first-order chi connectivity index (χ1) is 16.3. The van der Waals surface area contributed by atoms with E-state index in [9.17, 15) is 18.4 Å². The number of aryl methyl sites for hydroxylation is 2. The molecule has 1 saturated heterocycles. The minimum absolute atomic E-state index is 0.0302. The molecule has 2 aromatic carbocycles. The van der Waals surface area contributed by atoms with Gasteiger partial charge in [-0.15, -0.1) is 0 Å². The number of carbonyl (C=O) groups excluding carboxylic acids is 2. The normalized spacial score (nSPS) is 18.9. The largest absolute Gasteiger partial charge is 0.350 e. The van der Waals surface area contributed by atoms with Crippen LogP contribution in [0, 0.1) is 11.6 Å². The number of hydrogen-bond acceptors (Lipinski definition) is 3. The van der Waals surface area contributed by atoms with Gasteiger partial charge in [0.05, 0.1) is 5.56 Å². The smallest absolute Gasteiger partial charge is 0.256 e. The summed E-state index contributed by atoms with van der Waals surface area (Å²) in [7, 11) is 1.92. The number of para-hydroxylation sites is 1. The molecule has 3 aromatic rings. The molecule has 2 N–H and O–H groups in total. The van der Waals surface area contributed by atoms with Crippen LogP contribution in [-0.2, 0) is 18.3 Å². The highest BCUT2D eigenvalue weighted by Gasteiger charge is 2.32. The van der Waals surface area contributed by atoms with Crippen LogP contribution in [0.2, 0.25) is 0 Å². The Morgan fingerprint density at radius 3 is 2.50 bits per heavy atom. The third-order valence-electron chi connectivity index (χ3n) is 7.28. The van der Waals surface area contributed by atoms with Gasteiger partial charge in [0.2, 0.25) is 5.91 Å². The van der Waals surface area contributed by atoms with Crippen molar-refractivity contribution < 1.29 is 18.4 Å². The van der Waals surface area contributed by atoms with Crippen LogP contribution < -0.4 is 5.73 Å². The maximum atomic E-state index is 13.8. The molecular formula is C26H28F2N4O2. The number of benzene rings is 2. The van der Waals surface area contributed by atoms with Gasteiger partial charge in [-0.1, -0.05) is 18.2 Å². The van der Waals surface area contributed by atoms with Gasteiger partial charge in [-0.2, -0.15) is 0 Å². The van der Waals surface area contributed by atoms with Crippen LogP contribution in [0.3, 0.4) is 0 Å². The fourth-order valence-electron chi connectivity index (χ4n) is 5.39. The van der Waals surface area contributed by atoms with Gasteiger partial charge in [0.15, 0.2) is 11.6 Å². The van der Waals surface area contributed by atoms with Crippen LogP contribution in [0.5, 0.6) is 0 Å². The topological polar surface area (TPSA) is 71.6 Å². The monoisotopic (exact) mass is 466 g/mol. The van der Waals surface area contributed by atoms with Crippen LogP contribution in [0.25, 0.3) is 10.9 Å². The molecule has 1 aromatic heterocycles. The summed E-state index contributed by atoms with van der Waals surface area (Å²) < 4.78 is 29.2. The first-order valence-electron chi connectivity index (χ1n) is 11.7. The zero-order valence-electron chi connectivity index (χ0n) is 19.1. The van der Waals surface area contributed by atoms with Crippen LogP contribution in [-0.4, -0.2) is 58.4 Å². The average Bonchev–Trinajstić information content (AvgIpc) is 3.40. The Balaban J connectivity index is 1.20. The van der Waals surface area contributed by atoms with E-state index in [4.69, 9.17) is 5.73 Å². The van der Waals surface area contributed by atoms with Crippen molar-refractivity contribution in [3.63, 3.8) is 0 Å². The number of amides is 2. The Morgan fingerprint density at radius 2 is 1.74 bits per heavy atom. The molecular weight excluding hydrogens is 438 g/mol. The van der Waals surface area contributed by atoms with Crippen molar-refractivity contribution in [2.24, 2.45) is 12.8 Å². The molecule has 6 nitrogen and oxygen atoms in total. The molecule has 1 aliphatic carbocycles. The van der Waals surface area contributed by atoms with Crippen LogP contribution in [0.1, 0.15) is 40.2 Å². The highest BCUT2D eigenvalue weighted by Crippen LogP contribution is 2.37. The summed E-state index contributed by atoms with van der Waals surface area (Å²) in [5.74, 6) is -1.99. The van der Waals surface area contributed by atoms with E-state index >= 15 is 0 Å².